The fourth-order valence-electron chi connectivity index (χ4n) is 1.08. The minimum absolute atomic E-state index is 0.285. The molecule has 0 radical (unpaired) electrons. The largest absolute Gasteiger partial charge is 0.352 e. The first-order valence-corrected chi connectivity index (χ1v) is 3.76. The summed E-state index contributed by atoms with van der Waals surface area (Å²) in [5, 5.41) is 0. The summed E-state index contributed by atoms with van der Waals surface area (Å²) in [6, 6.07) is 3.82. The molecule has 0 aliphatic carbocycles. The van der Waals surface area contributed by atoms with E-state index < -0.39 is 0 Å². The van der Waals surface area contributed by atoms with E-state index in [-0.39, 0.29) is 6.29 Å². The van der Waals surface area contributed by atoms with Gasteiger partial charge in [-0.2, -0.15) is 0 Å². The number of pyridine rings is 1. The van der Waals surface area contributed by atoms with Crippen molar-refractivity contribution in [2.45, 2.75) is 6.29 Å². The maximum atomic E-state index is 5.09. The second kappa shape index (κ2) is 4.23. The average molecular weight is 165 g/mol. The molecule has 4 heteroatoms. The van der Waals surface area contributed by atoms with Gasteiger partial charge in [-0.3, -0.25) is 4.98 Å². The van der Waals surface area contributed by atoms with E-state index in [2.05, 4.69) is 4.98 Å². The normalized spacial score (nSPS) is 10.6. The second-order valence-electron chi connectivity index (χ2n) is 2.53. The summed E-state index contributed by atoms with van der Waals surface area (Å²) in [6.07, 6.45) is 1.46. The molecule has 1 rings (SSSR count). The number of aromatic nitrogens is 1. The first-order valence-electron chi connectivity index (χ1n) is 3.76. The molecular weight excluding hydrogens is 153 g/mol. The maximum absolute atomic E-state index is 5.09. The SMILES string of the molecule is Bc1cc(C(OC)OC)ccn1. The molecule has 0 aromatic carbocycles. The van der Waals surface area contributed by atoms with Gasteiger partial charge in [-0.05, 0) is 17.7 Å². The van der Waals surface area contributed by atoms with E-state index in [0.29, 0.717) is 0 Å². The number of ether oxygens (including phenoxy) is 2. The predicted molar refractivity (Wildman–Crippen MR) is 49.2 cm³/mol. The van der Waals surface area contributed by atoms with Crippen LogP contribution in [0.25, 0.3) is 0 Å². The maximum Gasteiger partial charge on any atom is 0.183 e. The lowest BCUT2D eigenvalue weighted by molar-refractivity contribution is -0.106. The smallest absolute Gasteiger partial charge is 0.183 e. The Bertz CT molecular complexity index is 251. The molecule has 0 saturated carbocycles. The molecule has 0 fully saturated rings. The molecule has 0 aliphatic rings. The molecule has 0 saturated heterocycles. The van der Waals surface area contributed by atoms with Crippen LogP contribution in [0.15, 0.2) is 18.3 Å². The standard InChI is InChI=1S/C8H12BNO2/c1-11-8(12-2)6-3-4-10-7(9)5-6/h3-5,8H,9H2,1-2H3. The van der Waals surface area contributed by atoms with E-state index in [1.807, 2.05) is 20.0 Å². The van der Waals surface area contributed by atoms with Gasteiger partial charge in [-0.25, -0.2) is 0 Å². The van der Waals surface area contributed by atoms with Crippen LogP contribution < -0.4 is 5.59 Å². The van der Waals surface area contributed by atoms with Gasteiger partial charge in [0.25, 0.3) is 0 Å². The van der Waals surface area contributed by atoms with Gasteiger partial charge in [-0.1, -0.05) is 0 Å². The zero-order valence-corrected chi connectivity index (χ0v) is 7.57. The van der Waals surface area contributed by atoms with E-state index in [1.165, 1.54) is 0 Å². The fraction of sp³-hybridized carbons (Fsp3) is 0.375. The summed E-state index contributed by atoms with van der Waals surface area (Å²) >= 11 is 0. The Hall–Kier alpha value is -0.865. The summed E-state index contributed by atoms with van der Waals surface area (Å²) in [5.74, 6) is 0. The van der Waals surface area contributed by atoms with Crippen molar-refractivity contribution >= 4 is 13.4 Å². The van der Waals surface area contributed by atoms with Crippen LogP contribution in [0.3, 0.4) is 0 Å². The molecule has 1 heterocycles. The highest BCUT2D eigenvalue weighted by Crippen LogP contribution is 2.14. The molecule has 12 heavy (non-hydrogen) atoms. The third-order valence-electron chi connectivity index (χ3n) is 1.62. The van der Waals surface area contributed by atoms with Crippen molar-refractivity contribution in [3.63, 3.8) is 0 Å². The monoisotopic (exact) mass is 165 g/mol. The molecule has 0 unspecified atom stereocenters. The number of nitrogens with zero attached hydrogens (tertiary/aromatic N) is 1. The number of methoxy groups -OCH3 is 2. The van der Waals surface area contributed by atoms with Gasteiger partial charge < -0.3 is 9.47 Å². The Morgan fingerprint density at radius 3 is 2.58 bits per heavy atom. The molecule has 0 amide bonds. The van der Waals surface area contributed by atoms with Crippen LogP contribution in [0, 0.1) is 0 Å². The summed E-state index contributed by atoms with van der Waals surface area (Å²) in [6.45, 7) is 0. The zero-order valence-electron chi connectivity index (χ0n) is 7.57. The van der Waals surface area contributed by atoms with Crippen LogP contribution in [0.4, 0.5) is 0 Å². The van der Waals surface area contributed by atoms with Crippen molar-refractivity contribution in [3.8, 4) is 0 Å². The van der Waals surface area contributed by atoms with Crippen LogP contribution in [0.1, 0.15) is 11.9 Å². The van der Waals surface area contributed by atoms with E-state index in [0.717, 1.165) is 11.2 Å². The number of hydrogen-bond acceptors (Lipinski definition) is 3. The molecule has 0 bridgehead atoms. The Labute approximate surface area is 73.1 Å². The van der Waals surface area contributed by atoms with Crippen molar-refractivity contribution in [2.75, 3.05) is 14.2 Å². The van der Waals surface area contributed by atoms with Crippen molar-refractivity contribution in [1.29, 1.82) is 0 Å². The van der Waals surface area contributed by atoms with E-state index in [4.69, 9.17) is 9.47 Å². The minimum Gasteiger partial charge on any atom is -0.352 e. The predicted octanol–water partition coefficient (Wildman–Crippen LogP) is -0.369. The zero-order chi connectivity index (χ0) is 8.97. The number of rotatable bonds is 3. The molecule has 0 N–H and O–H groups in total. The van der Waals surface area contributed by atoms with Crippen molar-refractivity contribution in [3.05, 3.63) is 23.9 Å². The fourth-order valence-corrected chi connectivity index (χ4v) is 1.08. The third kappa shape index (κ3) is 2.06. The molecule has 1 aromatic heterocycles. The van der Waals surface area contributed by atoms with Gasteiger partial charge >= 0.3 is 0 Å². The van der Waals surface area contributed by atoms with Crippen LogP contribution in [0.5, 0.6) is 0 Å². The van der Waals surface area contributed by atoms with Crippen LogP contribution in [-0.4, -0.2) is 27.0 Å². The Morgan fingerprint density at radius 1 is 1.42 bits per heavy atom. The molecule has 1 aromatic rings. The average Bonchev–Trinajstić information content (AvgIpc) is 2.07. The Balaban J connectivity index is 2.85. The second-order valence-corrected chi connectivity index (χ2v) is 2.53. The van der Waals surface area contributed by atoms with Gasteiger partial charge in [0.15, 0.2) is 14.1 Å². The quantitative estimate of drug-likeness (QED) is 0.452. The molecule has 0 atom stereocenters. The topological polar surface area (TPSA) is 31.4 Å². The lowest BCUT2D eigenvalue weighted by Crippen LogP contribution is -2.12. The van der Waals surface area contributed by atoms with Crippen molar-refractivity contribution < 1.29 is 9.47 Å². The molecule has 64 valence electrons. The molecular formula is C8H12BNO2. The van der Waals surface area contributed by atoms with Gasteiger partial charge in [0, 0.05) is 26.0 Å². The highest BCUT2D eigenvalue weighted by molar-refractivity contribution is 6.30. The van der Waals surface area contributed by atoms with Crippen LogP contribution >= 0.6 is 0 Å². The first-order chi connectivity index (χ1) is 5.77. The van der Waals surface area contributed by atoms with E-state index in [9.17, 15) is 0 Å². The van der Waals surface area contributed by atoms with Crippen LogP contribution in [0.2, 0.25) is 0 Å². The summed E-state index contributed by atoms with van der Waals surface area (Å²) in [4.78, 5) is 4.08. The van der Waals surface area contributed by atoms with Gasteiger partial charge in [-0.15, -0.1) is 0 Å². The molecule has 0 aliphatic heterocycles. The van der Waals surface area contributed by atoms with Gasteiger partial charge in [0.2, 0.25) is 0 Å². The van der Waals surface area contributed by atoms with Crippen molar-refractivity contribution in [2.24, 2.45) is 0 Å². The lowest BCUT2D eigenvalue weighted by Gasteiger charge is -2.13. The van der Waals surface area contributed by atoms with E-state index >= 15 is 0 Å². The summed E-state index contributed by atoms with van der Waals surface area (Å²) in [7, 11) is 5.17. The van der Waals surface area contributed by atoms with Gasteiger partial charge in [0.1, 0.15) is 0 Å². The minimum atomic E-state index is -0.285. The van der Waals surface area contributed by atoms with E-state index in [1.54, 1.807) is 20.4 Å². The summed E-state index contributed by atoms with van der Waals surface area (Å²) in [5.41, 5.74) is 1.96. The van der Waals surface area contributed by atoms with Gasteiger partial charge in [0.05, 0.1) is 0 Å². The Morgan fingerprint density at radius 2 is 2.08 bits per heavy atom. The third-order valence-corrected chi connectivity index (χ3v) is 1.62. The first kappa shape index (κ1) is 9.22. The number of hydrogen-bond donors (Lipinski definition) is 0. The van der Waals surface area contributed by atoms with Crippen molar-refractivity contribution in [1.82, 2.24) is 4.98 Å². The highest BCUT2D eigenvalue weighted by Gasteiger charge is 2.07. The molecule has 3 nitrogen and oxygen atoms in total. The molecule has 0 spiro atoms. The van der Waals surface area contributed by atoms with Crippen LogP contribution in [-0.2, 0) is 9.47 Å². The lowest BCUT2D eigenvalue weighted by atomic mass is 10.0. The Kier molecular flexibility index (Phi) is 3.25. The highest BCUT2D eigenvalue weighted by atomic mass is 16.7. The summed E-state index contributed by atoms with van der Waals surface area (Å²) < 4.78 is 10.2.